The summed E-state index contributed by atoms with van der Waals surface area (Å²) in [6.07, 6.45) is 18.7. The molecule has 8 aliphatic carbocycles. The Labute approximate surface area is 308 Å². The number of aliphatic hydroxyl groups excluding tert-OH is 1. The van der Waals surface area contributed by atoms with Gasteiger partial charge in [-0.25, -0.2) is 4.79 Å². The molecule has 15 atom stereocenters. The van der Waals surface area contributed by atoms with Crippen LogP contribution < -0.4 is 5.32 Å². The van der Waals surface area contributed by atoms with E-state index in [4.69, 9.17) is 9.47 Å². The Morgan fingerprint density at radius 1 is 1.04 bits per heavy atom. The first-order chi connectivity index (χ1) is 25.0. The van der Waals surface area contributed by atoms with E-state index in [0.717, 1.165) is 36.8 Å². The minimum absolute atomic E-state index is 0.117. The molecular formula is C43H61NO8. The molecule has 0 aromatic heterocycles. The normalized spacial score (nSPS) is 51.8. The zero-order valence-electron chi connectivity index (χ0n) is 31.2. The quantitative estimate of drug-likeness (QED) is 0.107. The molecular weight excluding hydrogens is 658 g/mol. The van der Waals surface area contributed by atoms with E-state index in [-0.39, 0.29) is 30.1 Å². The highest BCUT2D eigenvalue weighted by atomic mass is 16.5. The second-order valence-corrected chi connectivity index (χ2v) is 19.1. The molecule has 9 nitrogen and oxygen atoms in total. The van der Waals surface area contributed by atoms with Gasteiger partial charge in [0.1, 0.15) is 18.0 Å². The van der Waals surface area contributed by atoms with Gasteiger partial charge in [-0.2, -0.15) is 0 Å². The van der Waals surface area contributed by atoms with Crippen molar-refractivity contribution in [2.24, 2.45) is 64.1 Å². The lowest BCUT2D eigenvalue weighted by atomic mass is 9.36. The first-order valence-corrected chi connectivity index (χ1v) is 20.8. The van der Waals surface area contributed by atoms with Crippen LogP contribution in [0.1, 0.15) is 96.8 Å². The van der Waals surface area contributed by atoms with E-state index in [9.17, 15) is 30.0 Å². The molecule has 0 spiro atoms. The summed E-state index contributed by atoms with van der Waals surface area (Å²) in [6.45, 7) is 4.07. The van der Waals surface area contributed by atoms with Crippen molar-refractivity contribution in [1.29, 1.82) is 0 Å². The maximum Gasteiger partial charge on any atom is 0.331 e. The summed E-state index contributed by atoms with van der Waals surface area (Å²) in [4.78, 5) is 26.9. The third-order valence-electron chi connectivity index (χ3n) is 17.4. The van der Waals surface area contributed by atoms with Crippen LogP contribution in [0.15, 0.2) is 35.5 Å². The van der Waals surface area contributed by atoms with Gasteiger partial charge in [-0.1, -0.05) is 50.8 Å². The van der Waals surface area contributed by atoms with Gasteiger partial charge >= 0.3 is 5.97 Å². The van der Waals surface area contributed by atoms with Crippen molar-refractivity contribution < 1.29 is 39.5 Å². The largest absolute Gasteiger partial charge is 0.450 e. The molecule has 9 heteroatoms. The summed E-state index contributed by atoms with van der Waals surface area (Å²) < 4.78 is 11.1. The van der Waals surface area contributed by atoms with Gasteiger partial charge in [-0.05, 0) is 123 Å². The molecule has 286 valence electrons. The molecule has 6 fully saturated rings. The second kappa shape index (κ2) is 12.6. The average molecular weight is 720 g/mol. The predicted molar refractivity (Wildman–Crippen MR) is 193 cm³/mol. The van der Waals surface area contributed by atoms with Crippen LogP contribution in [0, 0.1) is 64.1 Å². The van der Waals surface area contributed by atoms with Gasteiger partial charge in [0.05, 0.1) is 22.7 Å². The maximum atomic E-state index is 13.9. The average Bonchev–Trinajstić information content (AvgIpc) is 3.82. The molecule has 0 saturated heterocycles. The topological polar surface area (TPSA) is 146 Å². The summed E-state index contributed by atoms with van der Waals surface area (Å²) in [5.41, 5.74) is -4.85. The number of nitrogens with one attached hydrogen (secondary N) is 1. The number of aliphatic hydroxyl groups is 4. The lowest BCUT2D eigenvalue weighted by molar-refractivity contribution is -0.341. The Morgan fingerprint density at radius 2 is 1.85 bits per heavy atom. The lowest BCUT2D eigenvalue weighted by Crippen LogP contribution is -2.80. The van der Waals surface area contributed by atoms with Crippen molar-refractivity contribution in [1.82, 2.24) is 5.32 Å². The van der Waals surface area contributed by atoms with E-state index >= 15 is 0 Å². The summed E-state index contributed by atoms with van der Waals surface area (Å²) in [7, 11) is 1.69. The minimum Gasteiger partial charge on any atom is -0.450 e. The second-order valence-electron chi connectivity index (χ2n) is 19.1. The number of allylic oxidation sites excluding steroid dienone is 3. The number of carbonyl (C=O) groups excluding carboxylic acids is 2. The van der Waals surface area contributed by atoms with Crippen LogP contribution in [0.5, 0.6) is 0 Å². The van der Waals surface area contributed by atoms with Gasteiger partial charge in [-0.3, -0.25) is 0 Å². The van der Waals surface area contributed by atoms with E-state index in [1.54, 1.807) is 13.2 Å². The zero-order valence-corrected chi connectivity index (χ0v) is 31.2. The number of ether oxygens (including phenoxy) is 2. The first kappa shape index (κ1) is 35.8. The van der Waals surface area contributed by atoms with Gasteiger partial charge in [0.15, 0.2) is 0 Å². The Morgan fingerprint density at radius 3 is 2.62 bits per heavy atom. The molecule has 0 radical (unpaired) electrons. The molecule has 5 N–H and O–H groups in total. The molecule has 6 saturated carbocycles. The number of hydrogen-bond donors (Lipinski definition) is 5. The maximum absolute atomic E-state index is 13.9. The van der Waals surface area contributed by atoms with E-state index in [1.807, 2.05) is 0 Å². The highest BCUT2D eigenvalue weighted by Gasteiger charge is 2.82. The smallest absolute Gasteiger partial charge is 0.331 e. The Balaban J connectivity index is 1.12. The summed E-state index contributed by atoms with van der Waals surface area (Å²) in [5, 5.41) is 55.9. The molecule has 9 rings (SSSR count). The SMILES string of the molecule is COCCCNCC1=CC2CC3(O)C(C)(CCC4C3(O)CC3CC5C(C=CCC5C5CCCC5)CC5C(O)CCC4(C=O)C35O)C2C2=CC(=O)OC12. The standard InChI is InChI=1S/C43H61NO8/c1-39-13-12-35-40(24-45)14-11-34(46)33-18-26-9-5-10-30(25-7-3-4-8-25)31(26)19-29(43(33,40)50)22-41(35,48)42(39,49)21-27-17-28(23-44-15-6-16-51-2)38-32(37(27)39)20-36(47)52-38/h5,9,17,20,24-27,29-31,33-35,37-38,44,46,48-50H,3-4,6-8,10-16,18-19,21-23H2,1-2H3. The van der Waals surface area contributed by atoms with Crippen LogP contribution in [0.25, 0.3) is 0 Å². The van der Waals surface area contributed by atoms with E-state index in [2.05, 4.69) is 30.5 Å². The third-order valence-corrected chi connectivity index (χ3v) is 17.4. The molecule has 15 unspecified atom stereocenters. The molecule has 1 heterocycles. The number of esters is 1. The number of hydrogen-bond acceptors (Lipinski definition) is 9. The van der Waals surface area contributed by atoms with E-state index in [0.29, 0.717) is 75.9 Å². The fourth-order valence-electron chi connectivity index (χ4n) is 15.4. The third kappa shape index (κ3) is 4.62. The number of rotatable bonds is 8. The molecule has 0 amide bonds. The van der Waals surface area contributed by atoms with Crippen LogP contribution in [0.2, 0.25) is 0 Å². The number of aldehydes is 1. The van der Waals surface area contributed by atoms with Crippen molar-refractivity contribution in [3.05, 3.63) is 35.5 Å². The van der Waals surface area contributed by atoms with Crippen molar-refractivity contribution in [2.45, 2.75) is 126 Å². The van der Waals surface area contributed by atoms with Crippen molar-refractivity contribution >= 4 is 12.3 Å². The Bertz CT molecular complexity index is 1550. The highest BCUT2D eigenvalue weighted by molar-refractivity contribution is 5.87. The number of methoxy groups -OCH3 is 1. The molecule has 52 heavy (non-hydrogen) atoms. The predicted octanol–water partition coefficient (Wildman–Crippen LogP) is 4.42. The van der Waals surface area contributed by atoms with Crippen LogP contribution in [-0.2, 0) is 19.1 Å². The lowest BCUT2D eigenvalue weighted by Gasteiger charge is -2.71. The summed E-state index contributed by atoms with van der Waals surface area (Å²) in [5.74, 6) is -0.590. The first-order valence-electron chi connectivity index (χ1n) is 20.8. The van der Waals surface area contributed by atoms with Gasteiger partial charge in [0.25, 0.3) is 0 Å². The molecule has 1 aliphatic heterocycles. The van der Waals surface area contributed by atoms with Gasteiger partial charge in [-0.15, -0.1) is 0 Å². The molecule has 0 bridgehead atoms. The molecule has 0 aromatic rings. The van der Waals surface area contributed by atoms with Crippen LogP contribution in [0.3, 0.4) is 0 Å². The summed E-state index contributed by atoms with van der Waals surface area (Å²) >= 11 is 0. The van der Waals surface area contributed by atoms with Gasteiger partial charge < -0.3 is 40.0 Å². The van der Waals surface area contributed by atoms with Crippen LogP contribution in [0.4, 0.5) is 0 Å². The van der Waals surface area contributed by atoms with Crippen LogP contribution >= 0.6 is 0 Å². The zero-order chi connectivity index (χ0) is 36.3. The van der Waals surface area contributed by atoms with Gasteiger partial charge in [0.2, 0.25) is 0 Å². The van der Waals surface area contributed by atoms with Crippen molar-refractivity contribution in [2.75, 3.05) is 26.8 Å². The number of fused-ring (bicyclic) bond motifs is 9. The van der Waals surface area contributed by atoms with Gasteiger partial charge in [0, 0.05) is 43.6 Å². The monoisotopic (exact) mass is 719 g/mol. The Hall–Kier alpha value is -1.88. The Kier molecular flexibility index (Phi) is 8.65. The van der Waals surface area contributed by atoms with E-state index < -0.39 is 57.6 Å². The van der Waals surface area contributed by atoms with Crippen molar-refractivity contribution in [3.63, 3.8) is 0 Å². The molecule has 0 aromatic carbocycles. The highest BCUT2D eigenvalue weighted by Crippen LogP contribution is 2.76. The van der Waals surface area contributed by atoms with Crippen LogP contribution in [-0.4, -0.2) is 88.5 Å². The fourth-order valence-corrected chi connectivity index (χ4v) is 15.4. The number of carbonyl (C=O) groups is 2. The summed E-state index contributed by atoms with van der Waals surface area (Å²) in [6, 6.07) is 0. The van der Waals surface area contributed by atoms with Crippen molar-refractivity contribution in [3.8, 4) is 0 Å². The minimum atomic E-state index is -1.64. The molecule has 9 aliphatic rings. The van der Waals surface area contributed by atoms with E-state index in [1.165, 1.54) is 25.7 Å². The fraction of sp³-hybridized carbons (Fsp3) is 0.814.